The van der Waals surface area contributed by atoms with Crippen LogP contribution in [0.25, 0.3) is 0 Å². The van der Waals surface area contributed by atoms with Crippen LogP contribution in [0.4, 0.5) is 0 Å². The summed E-state index contributed by atoms with van der Waals surface area (Å²) < 4.78 is 5.25. The third-order valence-electron chi connectivity index (χ3n) is 3.32. The van der Waals surface area contributed by atoms with Gasteiger partial charge in [-0.25, -0.2) is 0 Å². The first-order chi connectivity index (χ1) is 7.25. The van der Waals surface area contributed by atoms with E-state index in [1.54, 1.807) is 0 Å². The number of nitrogens with one attached hydrogen (secondary N) is 1. The number of rotatable bonds is 6. The summed E-state index contributed by atoms with van der Waals surface area (Å²) in [6.07, 6.45) is 4.05. The molecule has 0 spiro atoms. The first-order valence-electron chi connectivity index (χ1n) is 6.07. The van der Waals surface area contributed by atoms with Gasteiger partial charge in [-0.1, -0.05) is 13.3 Å². The van der Waals surface area contributed by atoms with Gasteiger partial charge >= 0.3 is 0 Å². The topological polar surface area (TPSA) is 38.3 Å². The van der Waals surface area contributed by atoms with Gasteiger partial charge in [0.05, 0.1) is 0 Å². The molecule has 3 heteroatoms. The van der Waals surface area contributed by atoms with Crippen LogP contribution in [0.5, 0.6) is 0 Å². The molecule has 1 aliphatic rings. The van der Waals surface area contributed by atoms with Crippen molar-refractivity contribution in [2.24, 2.45) is 5.41 Å². The van der Waals surface area contributed by atoms with Crippen LogP contribution in [0.3, 0.4) is 0 Å². The fourth-order valence-electron chi connectivity index (χ4n) is 2.40. The van der Waals surface area contributed by atoms with E-state index in [1.165, 1.54) is 0 Å². The van der Waals surface area contributed by atoms with Crippen molar-refractivity contribution in [1.82, 2.24) is 5.32 Å². The van der Waals surface area contributed by atoms with Gasteiger partial charge in [0.1, 0.15) is 6.61 Å². The van der Waals surface area contributed by atoms with Crippen LogP contribution in [0.1, 0.15) is 39.5 Å². The van der Waals surface area contributed by atoms with E-state index < -0.39 is 0 Å². The number of piperidine rings is 1. The first-order valence-corrected chi connectivity index (χ1v) is 6.07. The van der Waals surface area contributed by atoms with Crippen LogP contribution in [0.2, 0.25) is 0 Å². The summed E-state index contributed by atoms with van der Waals surface area (Å²) in [5, 5.41) is 3.32. The predicted octanol–water partition coefficient (Wildman–Crippen LogP) is 1.76. The van der Waals surface area contributed by atoms with Crippen molar-refractivity contribution in [3.05, 3.63) is 0 Å². The second-order valence-corrected chi connectivity index (χ2v) is 4.34. The average Bonchev–Trinajstić information content (AvgIpc) is 2.27. The van der Waals surface area contributed by atoms with Crippen molar-refractivity contribution >= 4 is 5.78 Å². The van der Waals surface area contributed by atoms with E-state index in [0.29, 0.717) is 19.0 Å². The second kappa shape index (κ2) is 6.23. The van der Waals surface area contributed by atoms with Crippen LogP contribution >= 0.6 is 0 Å². The van der Waals surface area contributed by atoms with Gasteiger partial charge in [-0.15, -0.1) is 0 Å². The van der Waals surface area contributed by atoms with E-state index in [0.717, 1.165) is 38.8 Å². The molecule has 1 rings (SSSR count). The molecule has 0 aromatic carbocycles. The minimum atomic E-state index is -0.0881. The molecule has 0 amide bonds. The van der Waals surface area contributed by atoms with E-state index in [-0.39, 0.29) is 5.41 Å². The predicted molar refractivity (Wildman–Crippen MR) is 60.9 cm³/mol. The number of hydrogen-bond acceptors (Lipinski definition) is 3. The zero-order valence-corrected chi connectivity index (χ0v) is 9.97. The van der Waals surface area contributed by atoms with E-state index in [9.17, 15) is 4.79 Å². The van der Waals surface area contributed by atoms with Crippen molar-refractivity contribution in [2.75, 3.05) is 26.3 Å². The molecule has 0 atom stereocenters. The molecule has 0 aliphatic carbocycles. The van der Waals surface area contributed by atoms with Gasteiger partial charge < -0.3 is 10.1 Å². The lowest BCUT2D eigenvalue weighted by Gasteiger charge is -2.36. The maximum Gasteiger partial charge on any atom is 0.164 e. The SMILES string of the molecule is CCCC1(C(=O)COCC)CCNCC1. The normalized spacial score (nSPS) is 20.1. The molecule has 1 N–H and O–H groups in total. The number of hydrogen-bond donors (Lipinski definition) is 1. The highest BCUT2D eigenvalue weighted by molar-refractivity contribution is 5.86. The van der Waals surface area contributed by atoms with Crippen LogP contribution in [-0.4, -0.2) is 32.1 Å². The van der Waals surface area contributed by atoms with Gasteiger partial charge in [0.15, 0.2) is 5.78 Å². The third kappa shape index (κ3) is 3.28. The molecule has 1 heterocycles. The summed E-state index contributed by atoms with van der Waals surface area (Å²) in [6, 6.07) is 0. The van der Waals surface area contributed by atoms with Crippen LogP contribution in [0.15, 0.2) is 0 Å². The number of Topliss-reactive ketones (excluding diaryl/α,β-unsaturated/α-hetero) is 1. The van der Waals surface area contributed by atoms with Gasteiger partial charge in [-0.05, 0) is 39.3 Å². The Morgan fingerprint density at radius 2 is 2.00 bits per heavy atom. The molecule has 1 saturated heterocycles. The number of carbonyl (C=O) groups excluding carboxylic acids is 1. The Hall–Kier alpha value is -0.410. The Kier molecular flexibility index (Phi) is 5.26. The van der Waals surface area contributed by atoms with Crippen molar-refractivity contribution in [3.8, 4) is 0 Å². The van der Waals surface area contributed by atoms with Crippen LogP contribution in [0, 0.1) is 5.41 Å². The molecule has 1 fully saturated rings. The Labute approximate surface area is 92.6 Å². The molecule has 1 aliphatic heterocycles. The maximum atomic E-state index is 12.1. The summed E-state index contributed by atoms with van der Waals surface area (Å²) in [5.41, 5.74) is -0.0881. The van der Waals surface area contributed by atoms with E-state index in [2.05, 4.69) is 12.2 Å². The number of ether oxygens (including phenoxy) is 1. The van der Waals surface area contributed by atoms with Crippen molar-refractivity contribution in [3.63, 3.8) is 0 Å². The van der Waals surface area contributed by atoms with Gasteiger partial charge in [0.2, 0.25) is 0 Å². The Morgan fingerprint density at radius 1 is 1.33 bits per heavy atom. The number of carbonyl (C=O) groups is 1. The molecule has 0 aromatic rings. The molecule has 3 nitrogen and oxygen atoms in total. The summed E-state index contributed by atoms with van der Waals surface area (Å²) in [7, 11) is 0. The lowest BCUT2D eigenvalue weighted by molar-refractivity contribution is -0.135. The molecular formula is C12H23NO2. The lowest BCUT2D eigenvalue weighted by Crippen LogP contribution is -2.43. The van der Waals surface area contributed by atoms with Crippen molar-refractivity contribution in [2.45, 2.75) is 39.5 Å². The van der Waals surface area contributed by atoms with Crippen molar-refractivity contribution in [1.29, 1.82) is 0 Å². The first kappa shape index (κ1) is 12.7. The van der Waals surface area contributed by atoms with Crippen molar-refractivity contribution < 1.29 is 9.53 Å². The van der Waals surface area contributed by atoms with Gasteiger partial charge in [0, 0.05) is 12.0 Å². The van der Waals surface area contributed by atoms with Gasteiger partial charge in [-0.3, -0.25) is 4.79 Å². The molecule has 88 valence electrons. The highest BCUT2D eigenvalue weighted by Gasteiger charge is 2.37. The summed E-state index contributed by atoms with van der Waals surface area (Å²) in [4.78, 5) is 12.1. The zero-order valence-electron chi connectivity index (χ0n) is 9.97. The zero-order chi connectivity index (χ0) is 11.1. The standard InChI is InChI=1S/C12H23NO2/c1-3-5-12(6-8-13-9-7-12)11(14)10-15-4-2/h13H,3-10H2,1-2H3. The Balaban J connectivity index is 2.57. The Bertz CT molecular complexity index is 192. The van der Waals surface area contributed by atoms with Crippen LogP contribution in [-0.2, 0) is 9.53 Å². The summed E-state index contributed by atoms with van der Waals surface area (Å²) in [6.45, 7) is 6.96. The van der Waals surface area contributed by atoms with E-state index in [4.69, 9.17) is 4.74 Å². The lowest BCUT2D eigenvalue weighted by atomic mass is 9.72. The quantitative estimate of drug-likeness (QED) is 0.730. The second-order valence-electron chi connectivity index (χ2n) is 4.34. The van der Waals surface area contributed by atoms with E-state index >= 15 is 0 Å². The average molecular weight is 213 g/mol. The molecule has 0 saturated carbocycles. The highest BCUT2D eigenvalue weighted by Crippen LogP contribution is 2.35. The largest absolute Gasteiger partial charge is 0.374 e. The molecule has 0 aromatic heterocycles. The molecule has 0 bridgehead atoms. The highest BCUT2D eigenvalue weighted by atomic mass is 16.5. The monoisotopic (exact) mass is 213 g/mol. The summed E-state index contributed by atoms with van der Waals surface area (Å²) in [5.74, 6) is 0.313. The fraction of sp³-hybridized carbons (Fsp3) is 0.917. The van der Waals surface area contributed by atoms with E-state index in [1.807, 2.05) is 6.92 Å². The maximum absolute atomic E-state index is 12.1. The smallest absolute Gasteiger partial charge is 0.164 e. The minimum absolute atomic E-state index is 0.0881. The Morgan fingerprint density at radius 3 is 2.53 bits per heavy atom. The molecular weight excluding hydrogens is 190 g/mol. The summed E-state index contributed by atoms with van der Waals surface area (Å²) >= 11 is 0. The number of ketones is 1. The minimum Gasteiger partial charge on any atom is -0.374 e. The van der Waals surface area contributed by atoms with Gasteiger partial charge in [-0.2, -0.15) is 0 Å². The van der Waals surface area contributed by atoms with Crippen LogP contribution < -0.4 is 5.32 Å². The molecule has 15 heavy (non-hydrogen) atoms. The third-order valence-corrected chi connectivity index (χ3v) is 3.32. The fourth-order valence-corrected chi connectivity index (χ4v) is 2.40. The van der Waals surface area contributed by atoms with Gasteiger partial charge in [0.25, 0.3) is 0 Å². The molecule has 0 unspecified atom stereocenters. The molecule has 0 radical (unpaired) electrons.